The van der Waals surface area contributed by atoms with Gasteiger partial charge in [-0.3, -0.25) is 14.9 Å². The van der Waals surface area contributed by atoms with Crippen LogP contribution in [-0.4, -0.2) is 22.0 Å². The van der Waals surface area contributed by atoms with Crippen LogP contribution in [0.4, 0.5) is 5.69 Å². The molecule has 0 aromatic heterocycles. The highest BCUT2D eigenvalue weighted by atomic mass is 16.6. The lowest BCUT2D eigenvalue weighted by Crippen LogP contribution is -2.37. The molecule has 2 rings (SSSR count). The van der Waals surface area contributed by atoms with E-state index in [1.165, 1.54) is 12.1 Å². The van der Waals surface area contributed by atoms with E-state index in [4.69, 9.17) is 5.73 Å². The Kier molecular flexibility index (Phi) is 4.30. The van der Waals surface area contributed by atoms with Gasteiger partial charge in [-0.25, -0.2) is 0 Å². The van der Waals surface area contributed by atoms with Gasteiger partial charge in [0.2, 0.25) is 0 Å². The standard InChI is InChI=1S/C15H14N2O4/c16-14(15(18)19)13(10-6-2-1-3-7-10)11-8-4-5-9-12(11)17(20)21/h1-9,13-14H,16H2,(H,18,19). The van der Waals surface area contributed by atoms with Crippen LogP contribution in [0.5, 0.6) is 0 Å². The molecular formula is C15H14N2O4. The number of nitrogens with two attached hydrogens (primary N) is 1. The van der Waals surface area contributed by atoms with Gasteiger partial charge >= 0.3 is 5.97 Å². The number of nitro benzene ring substituents is 1. The van der Waals surface area contributed by atoms with E-state index in [2.05, 4.69) is 0 Å². The van der Waals surface area contributed by atoms with Crippen LogP contribution in [-0.2, 0) is 4.79 Å². The van der Waals surface area contributed by atoms with Gasteiger partial charge in [0.05, 0.1) is 4.92 Å². The van der Waals surface area contributed by atoms with Gasteiger partial charge in [0, 0.05) is 17.5 Å². The lowest BCUT2D eigenvalue weighted by molar-refractivity contribution is -0.385. The molecule has 0 saturated heterocycles. The lowest BCUT2D eigenvalue weighted by atomic mass is 9.84. The van der Waals surface area contributed by atoms with Gasteiger partial charge in [-0.15, -0.1) is 0 Å². The van der Waals surface area contributed by atoms with Crippen molar-refractivity contribution in [1.29, 1.82) is 0 Å². The minimum atomic E-state index is -1.27. The summed E-state index contributed by atoms with van der Waals surface area (Å²) in [5, 5.41) is 20.4. The van der Waals surface area contributed by atoms with E-state index in [1.807, 2.05) is 0 Å². The average molecular weight is 286 g/mol. The predicted molar refractivity (Wildman–Crippen MR) is 77.0 cm³/mol. The molecule has 108 valence electrons. The second-order valence-electron chi connectivity index (χ2n) is 4.57. The molecule has 0 amide bonds. The smallest absolute Gasteiger partial charge is 0.321 e. The summed E-state index contributed by atoms with van der Waals surface area (Å²) in [6.45, 7) is 0. The van der Waals surface area contributed by atoms with Crippen molar-refractivity contribution in [2.75, 3.05) is 0 Å². The molecule has 0 bridgehead atoms. The van der Waals surface area contributed by atoms with Gasteiger partial charge in [-0.05, 0) is 5.56 Å². The molecule has 0 aliphatic rings. The van der Waals surface area contributed by atoms with Crippen LogP contribution < -0.4 is 5.73 Å². The van der Waals surface area contributed by atoms with Gasteiger partial charge in [-0.1, -0.05) is 48.5 Å². The van der Waals surface area contributed by atoms with E-state index in [9.17, 15) is 20.0 Å². The Labute approximate surface area is 121 Å². The fourth-order valence-electron chi connectivity index (χ4n) is 2.30. The second-order valence-corrected chi connectivity index (χ2v) is 4.57. The average Bonchev–Trinajstić information content (AvgIpc) is 2.48. The molecule has 0 radical (unpaired) electrons. The van der Waals surface area contributed by atoms with E-state index in [0.29, 0.717) is 11.1 Å². The summed E-state index contributed by atoms with van der Waals surface area (Å²) < 4.78 is 0. The molecule has 2 atom stereocenters. The van der Waals surface area contributed by atoms with Gasteiger partial charge < -0.3 is 10.8 Å². The number of carboxylic acid groups (broad SMARTS) is 1. The maximum Gasteiger partial charge on any atom is 0.321 e. The summed E-state index contributed by atoms with van der Waals surface area (Å²) in [5.41, 5.74) is 6.56. The minimum absolute atomic E-state index is 0.136. The number of nitro groups is 1. The predicted octanol–water partition coefficient (Wildman–Crippen LogP) is 2.14. The van der Waals surface area contributed by atoms with Crippen LogP contribution in [0.15, 0.2) is 54.6 Å². The van der Waals surface area contributed by atoms with Gasteiger partial charge in [0.1, 0.15) is 6.04 Å². The fourth-order valence-corrected chi connectivity index (χ4v) is 2.30. The Morgan fingerprint density at radius 2 is 1.67 bits per heavy atom. The van der Waals surface area contributed by atoms with Crippen molar-refractivity contribution in [3.05, 3.63) is 75.8 Å². The monoisotopic (exact) mass is 286 g/mol. The number of hydrogen-bond acceptors (Lipinski definition) is 4. The molecule has 2 aromatic rings. The van der Waals surface area contributed by atoms with E-state index >= 15 is 0 Å². The number of hydrogen-bond donors (Lipinski definition) is 2. The summed E-state index contributed by atoms with van der Waals surface area (Å²) in [7, 11) is 0. The summed E-state index contributed by atoms with van der Waals surface area (Å²) in [4.78, 5) is 21.9. The van der Waals surface area contributed by atoms with Crippen LogP contribution >= 0.6 is 0 Å². The third-order valence-corrected chi connectivity index (χ3v) is 3.27. The van der Waals surface area contributed by atoms with Gasteiger partial charge in [0.25, 0.3) is 5.69 Å². The minimum Gasteiger partial charge on any atom is -0.480 e. The molecule has 0 heterocycles. The van der Waals surface area contributed by atoms with Crippen LogP contribution in [0.1, 0.15) is 17.0 Å². The van der Waals surface area contributed by atoms with Crippen molar-refractivity contribution < 1.29 is 14.8 Å². The van der Waals surface area contributed by atoms with Crippen molar-refractivity contribution in [3.63, 3.8) is 0 Å². The summed E-state index contributed by atoms with van der Waals surface area (Å²) >= 11 is 0. The number of para-hydroxylation sites is 1. The molecule has 0 aliphatic heterocycles. The van der Waals surface area contributed by atoms with E-state index in [0.717, 1.165) is 0 Å². The Bertz CT molecular complexity index is 658. The maximum atomic E-state index is 11.3. The Morgan fingerprint density at radius 1 is 1.10 bits per heavy atom. The highest BCUT2D eigenvalue weighted by Crippen LogP contribution is 2.33. The van der Waals surface area contributed by atoms with Gasteiger partial charge in [-0.2, -0.15) is 0 Å². The zero-order chi connectivity index (χ0) is 15.4. The zero-order valence-electron chi connectivity index (χ0n) is 11.0. The molecule has 2 unspecified atom stereocenters. The van der Waals surface area contributed by atoms with Crippen molar-refractivity contribution in [2.24, 2.45) is 5.73 Å². The van der Waals surface area contributed by atoms with Crippen molar-refractivity contribution in [3.8, 4) is 0 Å². The molecule has 0 fully saturated rings. The van der Waals surface area contributed by atoms with Crippen LogP contribution in [0.3, 0.4) is 0 Å². The molecule has 2 aromatic carbocycles. The number of rotatable bonds is 5. The van der Waals surface area contributed by atoms with Crippen LogP contribution in [0.2, 0.25) is 0 Å². The second kappa shape index (κ2) is 6.15. The molecule has 21 heavy (non-hydrogen) atoms. The first-order valence-electron chi connectivity index (χ1n) is 6.29. The third-order valence-electron chi connectivity index (χ3n) is 3.27. The summed E-state index contributed by atoms with van der Waals surface area (Å²) in [6, 6.07) is 13.5. The number of benzene rings is 2. The molecule has 0 aliphatic carbocycles. The summed E-state index contributed by atoms with van der Waals surface area (Å²) in [6.07, 6.45) is 0. The third kappa shape index (κ3) is 3.06. The van der Waals surface area contributed by atoms with E-state index in [-0.39, 0.29) is 5.69 Å². The molecule has 3 N–H and O–H groups in total. The molecule has 0 spiro atoms. The number of nitrogens with zero attached hydrogens (tertiary/aromatic N) is 1. The maximum absolute atomic E-state index is 11.3. The van der Waals surface area contributed by atoms with Crippen molar-refractivity contribution in [1.82, 2.24) is 0 Å². The van der Waals surface area contributed by atoms with Gasteiger partial charge in [0.15, 0.2) is 0 Å². The zero-order valence-corrected chi connectivity index (χ0v) is 11.0. The van der Waals surface area contributed by atoms with E-state index in [1.54, 1.807) is 42.5 Å². The number of carboxylic acids is 1. The molecule has 6 heteroatoms. The van der Waals surface area contributed by atoms with Crippen molar-refractivity contribution >= 4 is 11.7 Å². The number of aliphatic carboxylic acids is 1. The first kappa shape index (κ1) is 14.7. The SMILES string of the molecule is NC(C(=O)O)C(c1ccccc1)c1ccccc1[N+](=O)[O-]. The Morgan fingerprint density at radius 3 is 2.24 bits per heavy atom. The normalized spacial score (nSPS) is 13.4. The van der Waals surface area contributed by atoms with Crippen LogP contribution in [0, 0.1) is 10.1 Å². The van der Waals surface area contributed by atoms with Crippen LogP contribution in [0.25, 0.3) is 0 Å². The van der Waals surface area contributed by atoms with Crippen molar-refractivity contribution in [2.45, 2.75) is 12.0 Å². The summed E-state index contributed by atoms with van der Waals surface area (Å²) in [5.74, 6) is -1.99. The molecule has 0 saturated carbocycles. The Hall–Kier alpha value is -2.73. The highest BCUT2D eigenvalue weighted by molar-refractivity contribution is 5.76. The first-order chi connectivity index (χ1) is 10.0. The quantitative estimate of drug-likeness (QED) is 0.647. The first-order valence-corrected chi connectivity index (χ1v) is 6.29. The topological polar surface area (TPSA) is 106 Å². The molecular weight excluding hydrogens is 272 g/mol. The Balaban J connectivity index is 2.61. The molecule has 6 nitrogen and oxygen atoms in total. The van der Waals surface area contributed by atoms with E-state index < -0.39 is 22.9 Å². The largest absolute Gasteiger partial charge is 0.480 e. The lowest BCUT2D eigenvalue weighted by Gasteiger charge is -2.21. The highest BCUT2D eigenvalue weighted by Gasteiger charge is 2.32. The fraction of sp³-hybridized carbons (Fsp3) is 0.133. The number of carbonyl (C=O) groups is 1.